The molecule has 6 nitrogen and oxygen atoms in total. The zero-order chi connectivity index (χ0) is 10.6. The predicted octanol–water partition coefficient (Wildman–Crippen LogP) is -1.01. The minimum Gasteiger partial charge on any atom is -0.409 e. The molecule has 1 amide bonds. The second-order valence-electron chi connectivity index (χ2n) is 3.46. The Morgan fingerprint density at radius 2 is 2.64 bits per heavy atom. The molecule has 0 radical (unpaired) electrons. The van der Waals surface area contributed by atoms with Gasteiger partial charge in [-0.2, -0.15) is 0 Å². The number of carbonyl (C=O) groups is 1. The van der Waals surface area contributed by atoms with E-state index in [1.165, 1.54) is 0 Å². The highest BCUT2D eigenvalue weighted by Crippen LogP contribution is 2.05. The van der Waals surface area contributed by atoms with Gasteiger partial charge in [-0.3, -0.25) is 4.79 Å². The van der Waals surface area contributed by atoms with Gasteiger partial charge < -0.3 is 21.6 Å². The lowest BCUT2D eigenvalue weighted by molar-refractivity contribution is -0.119. The van der Waals surface area contributed by atoms with Gasteiger partial charge in [-0.1, -0.05) is 5.16 Å². The summed E-state index contributed by atoms with van der Waals surface area (Å²) in [6.07, 6.45) is 1.43. The van der Waals surface area contributed by atoms with E-state index in [4.69, 9.17) is 10.9 Å². The lowest BCUT2D eigenvalue weighted by Gasteiger charge is -2.15. The predicted molar refractivity (Wildman–Crippen MR) is 52.0 cm³/mol. The minimum absolute atomic E-state index is 0.0910. The summed E-state index contributed by atoms with van der Waals surface area (Å²) in [5.74, 6) is 0.238. The van der Waals surface area contributed by atoms with E-state index in [0.29, 0.717) is 13.0 Å². The van der Waals surface area contributed by atoms with E-state index < -0.39 is 0 Å². The van der Waals surface area contributed by atoms with E-state index in [9.17, 15) is 4.79 Å². The number of rotatable bonds is 4. The van der Waals surface area contributed by atoms with E-state index >= 15 is 0 Å². The maximum absolute atomic E-state index is 10.9. The van der Waals surface area contributed by atoms with Crippen molar-refractivity contribution < 1.29 is 10.0 Å². The lowest BCUT2D eigenvalue weighted by Crippen LogP contribution is -2.45. The zero-order valence-electron chi connectivity index (χ0n) is 8.16. The molecule has 80 valence electrons. The van der Waals surface area contributed by atoms with Crippen molar-refractivity contribution in [3.63, 3.8) is 0 Å². The Labute approximate surface area is 82.5 Å². The maximum Gasteiger partial charge on any atom is 0.220 e. The topological polar surface area (TPSA) is 99.7 Å². The van der Waals surface area contributed by atoms with Gasteiger partial charge in [0.15, 0.2) is 5.84 Å². The van der Waals surface area contributed by atoms with E-state index in [1.807, 2.05) is 0 Å². The molecule has 2 atom stereocenters. The van der Waals surface area contributed by atoms with Gasteiger partial charge in [-0.05, 0) is 13.3 Å². The van der Waals surface area contributed by atoms with Crippen LogP contribution >= 0.6 is 0 Å². The lowest BCUT2D eigenvalue weighted by atomic mass is 10.2. The summed E-state index contributed by atoms with van der Waals surface area (Å²) in [5, 5.41) is 17.2. The molecule has 1 fully saturated rings. The number of carbonyl (C=O) groups excluding carboxylic acids is 1. The Bertz CT molecular complexity index is 241. The van der Waals surface area contributed by atoms with Crippen LogP contribution in [0.3, 0.4) is 0 Å². The Morgan fingerprint density at radius 3 is 3.14 bits per heavy atom. The number of amides is 1. The highest BCUT2D eigenvalue weighted by atomic mass is 16.4. The third-order valence-corrected chi connectivity index (χ3v) is 2.31. The Hall–Kier alpha value is -1.30. The molecule has 1 aliphatic heterocycles. The molecule has 14 heavy (non-hydrogen) atoms. The van der Waals surface area contributed by atoms with Crippen molar-refractivity contribution >= 4 is 11.7 Å². The summed E-state index contributed by atoms with van der Waals surface area (Å²) in [5.41, 5.74) is 5.38. The molecule has 2 unspecified atom stereocenters. The van der Waals surface area contributed by atoms with Gasteiger partial charge in [-0.25, -0.2) is 0 Å². The van der Waals surface area contributed by atoms with E-state index in [1.54, 1.807) is 6.92 Å². The van der Waals surface area contributed by atoms with Crippen LogP contribution in [0.2, 0.25) is 0 Å². The molecular weight excluding hydrogens is 184 g/mol. The first kappa shape index (κ1) is 10.8. The fourth-order valence-electron chi connectivity index (χ4n) is 1.34. The molecule has 0 bridgehead atoms. The highest BCUT2D eigenvalue weighted by Gasteiger charge is 2.21. The standard InChI is InChI=1S/C8H16N4O2/c1-5(8(9)12-14)10-4-6-2-3-7(13)11-6/h5-6,10,14H,2-4H2,1H3,(H2,9,12)(H,11,13). The number of nitrogens with two attached hydrogens (primary N) is 1. The first-order valence-electron chi connectivity index (χ1n) is 4.63. The molecule has 1 saturated heterocycles. The Morgan fingerprint density at radius 1 is 1.93 bits per heavy atom. The number of oxime groups is 1. The van der Waals surface area contributed by atoms with E-state index in [0.717, 1.165) is 6.42 Å². The number of nitrogens with one attached hydrogen (secondary N) is 2. The molecule has 5 N–H and O–H groups in total. The van der Waals surface area contributed by atoms with Gasteiger partial charge in [0.05, 0.1) is 6.04 Å². The first-order chi connectivity index (χ1) is 6.63. The zero-order valence-corrected chi connectivity index (χ0v) is 8.16. The van der Waals surface area contributed by atoms with Crippen molar-refractivity contribution in [1.82, 2.24) is 10.6 Å². The molecule has 0 saturated carbocycles. The highest BCUT2D eigenvalue weighted by molar-refractivity contribution is 5.84. The Balaban J connectivity index is 2.23. The number of amidine groups is 1. The van der Waals surface area contributed by atoms with Crippen molar-refractivity contribution in [2.24, 2.45) is 10.9 Å². The van der Waals surface area contributed by atoms with Crippen LogP contribution in [-0.2, 0) is 4.79 Å². The quantitative estimate of drug-likeness (QED) is 0.202. The second kappa shape index (κ2) is 4.80. The van der Waals surface area contributed by atoms with Crippen LogP contribution in [-0.4, -0.2) is 35.6 Å². The third-order valence-electron chi connectivity index (χ3n) is 2.31. The van der Waals surface area contributed by atoms with E-state index in [-0.39, 0.29) is 23.8 Å². The molecule has 0 aromatic heterocycles. The van der Waals surface area contributed by atoms with Crippen LogP contribution in [0.5, 0.6) is 0 Å². The van der Waals surface area contributed by atoms with Crippen LogP contribution in [0, 0.1) is 0 Å². The maximum atomic E-state index is 10.9. The molecule has 0 spiro atoms. The van der Waals surface area contributed by atoms with Crippen LogP contribution < -0.4 is 16.4 Å². The molecule has 6 heteroatoms. The number of hydrogen-bond acceptors (Lipinski definition) is 4. The average molecular weight is 200 g/mol. The van der Waals surface area contributed by atoms with Crippen LogP contribution in [0.25, 0.3) is 0 Å². The van der Waals surface area contributed by atoms with Crippen molar-refractivity contribution in [2.45, 2.75) is 31.8 Å². The van der Waals surface area contributed by atoms with Crippen LogP contribution in [0.15, 0.2) is 5.16 Å². The first-order valence-corrected chi connectivity index (χ1v) is 4.63. The fourth-order valence-corrected chi connectivity index (χ4v) is 1.34. The van der Waals surface area contributed by atoms with Gasteiger partial charge in [0.2, 0.25) is 5.91 Å². The van der Waals surface area contributed by atoms with Crippen molar-refractivity contribution in [2.75, 3.05) is 6.54 Å². The molecule has 1 aliphatic rings. The van der Waals surface area contributed by atoms with Crippen molar-refractivity contribution in [1.29, 1.82) is 0 Å². The van der Waals surface area contributed by atoms with Gasteiger partial charge in [0.25, 0.3) is 0 Å². The fraction of sp³-hybridized carbons (Fsp3) is 0.750. The van der Waals surface area contributed by atoms with Crippen molar-refractivity contribution in [3.05, 3.63) is 0 Å². The second-order valence-corrected chi connectivity index (χ2v) is 3.46. The summed E-state index contributed by atoms with van der Waals surface area (Å²) < 4.78 is 0. The average Bonchev–Trinajstić information content (AvgIpc) is 2.59. The molecule has 0 aliphatic carbocycles. The number of nitrogens with zero attached hydrogens (tertiary/aromatic N) is 1. The normalized spacial score (nSPS) is 24.8. The van der Waals surface area contributed by atoms with Gasteiger partial charge in [0.1, 0.15) is 0 Å². The smallest absolute Gasteiger partial charge is 0.220 e. The van der Waals surface area contributed by atoms with Gasteiger partial charge in [0, 0.05) is 19.0 Å². The summed E-state index contributed by atoms with van der Waals surface area (Å²) in [6.45, 7) is 2.44. The van der Waals surface area contributed by atoms with Crippen LogP contribution in [0.1, 0.15) is 19.8 Å². The largest absolute Gasteiger partial charge is 0.409 e. The molecular formula is C8H16N4O2. The van der Waals surface area contributed by atoms with Crippen LogP contribution in [0.4, 0.5) is 0 Å². The number of hydrogen-bond donors (Lipinski definition) is 4. The Kier molecular flexibility index (Phi) is 3.70. The third kappa shape index (κ3) is 2.88. The minimum atomic E-state index is -0.183. The van der Waals surface area contributed by atoms with Gasteiger partial charge in [-0.15, -0.1) is 0 Å². The van der Waals surface area contributed by atoms with E-state index in [2.05, 4.69) is 15.8 Å². The SMILES string of the molecule is CC(NCC1CCC(=O)N1)C(N)=NO. The monoisotopic (exact) mass is 200 g/mol. The summed E-state index contributed by atoms with van der Waals surface area (Å²) >= 11 is 0. The molecule has 1 heterocycles. The summed E-state index contributed by atoms with van der Waals surface area (Å²) in [7, 11) is 0. The van der Waals surface area contributed by atoms with Gasteiger partial charge >= 0.3 is 0 Å². The summed E-state index contributed by atoms with van der Waals surface area (Å²) in [6, 6.07) is -0.0195. The summed E-state index contributed by atoms with van der Waals surface area (Å²) in [4.78, 5) is 10.9. The molecule has 0 aromatic carbocycles. The van der Waals surface area contributed by atoms with Crippen molar-refractivity contribution in [3.8, 4) is 0 Å². The molecule has 1 rings (SSSR count). The molecule has 0 aromatic rings.